The topological polar surface area (TPSA) is 51.7 Å². The second-order valence-corrected chi connectivity index (χ2v) is 8.58. The first kappa shape index (κ1) is 20.1. The van der Waals surface area contributed by atoms with Crippen molar-refractivity contribution in [1.82, 2.24) is 9.88 Å². The van der Waals surface area contributed by atoms with Crippen molar-refractivity contribution in [2.24, 2.45) is 5.92 Å². The summed E-state index contributed by atoms with van der Waals surface area (Å²) >= 11 is 0. The molecule has 3 aromatic rings. The van der Waals surface area contributed by atoms with Crippen molar-refractivity contribution < 1.29 is 18.7 Å². The molecule has 0 radical (unpaired) electrons. The van der Waals surface area contributed by atoms with Crippen molar-refractivity contribution in [2.75, 3.05) is 26.3 Å². The molecule has 6 heteroatoms. The van der Waals surface area contributed by atoms with Gasteiger partial charge in [0.05, 0.1) is 26.3 Å². The zero-order valence-electron chi connectivity index (χ0n) is 17.3. The fraction of sp³-hybridized carbons (Fsp3) is 0.360. The van der Waals surface area contributed by atoms with Crippen LogP contribution in [0.2, 0.25) is 0 Å². The van der Waals surface area contributed by atoms with Gasteiger partial charge in [-0.1, -0.05) is 36.4 Å². The van der Waals surface area contributed by atoms with Crippen molar-refractivity contribution in [3.63, 3.8) is 0 Å². The van der Waals surface area contributed by atoms with Crippen LogP contribution in [0.15, 0.2) is 60.8 Å². The molecule has 1 spiro atoms. The highest BCUT2D eigenvalue weighted by Gasteiger charge is 2.51. The van der Waals surface area contributed by atoms with Crippen LogP contribution in [0, 0.1) is 11.7 Å². The zero-order chi connectivity index (χ0) is 21.3. The summed E-state index contributed by atoms with van der Waals surface area (Å²) in [7, 11) is 0. The van der Waals surface area contributed by atoms with Gasteiger partial charge in [0.25, 0.3) is 5.91 Å². The van der Waals surface area contributed by atoms with E-state index in [1.165, 1.54) is 12.1 Å². The van der Waals surface area contributed by atoms with Crippen molar-refractivity contribution in [3.05, 3.63) is 77.9 Å². The van der Waals surface area contributed by atoms with Crippen molar-refractivity contribution in [3.8, 4) is 0 Å². The third kappa shape index (κ3) is 4.18. The van der Waals surface area contributed by atoms with Gasteiger partial charge in [-0.3, -0.25) is 9.78 Å². The number of hydrogen-bond donors (Lipinski definition) is 0. The van der Waals surface area contributed by atoms with Gasteiger partial charge in [-0.25, -0.2) is 4.39 Å². The van der Waals surface area contributed by atoms with E-state index < -0.39 is 0 Å². The molecule has 2 aromatic carbocycles. The van der Waals surface area contributed by atoms with Gasteiger partial charge in [-0.2, -0.15) is 0 Å². The second kappa shape index (κ2) is 8.36. The highest BCUT2D eigenvalue weighted by molar-refractivity contribution is 6.05. The first-order valence-corrected chi connectivity index (χ1v) is 10.7. The lowest BCUT2D eigenvalue weighted by atomic mass is 9.85. The smallest absolute Gasteiger partial charge is 0.273 e. The molecular weight excluding hydrogens is 395 g/mol. The third-order valence-electron chi connectivity index (χ3n) is 6.24. The molecule has 0 N–H and O–H groups in total. The minimum absolute atomic E-state index is 0.0344. The highest BCUT2D eigenvalue weighted by Crippen LogP contribution is 2.39. The number of likely N-dealkylation sites (tertiary alicyclic amines) is 1. The Kier molecular flexibility index (Phi) is 5.42. The Morgan fingerprint density at radius 2 is 2.06 bits per heavy atom. The van der Waals surface area contributed by atoms with E-state index in [2.05, 4.69) is 4.98 Å². The minimum atomic E-state index is -0.241. The molecule has 0 saturated carbocycles. The van der Waals surface area contributed by atoms with E-state index in [0.717, 1.165) is 29.2 Å². The van der Waals surface area contributed by atoms with Crippen LogP contribution in [0.5, 0.6) is 0 Å². The molecule has 1 unspecified atom stereocenters. The van der Waals surface area contributed by atoms with E-state index in [1.807, 2.05) is 41.3 Å². The molecule has 0 aliphatic carbocycles. The molecule has 2 aliphatic heterocycles. The summed E-state index contributed by atoms with van der Waals surface area (Å²) in [5.41, 5.74) is 1.12. The Morgan fingerprint density at radius 1 is 1.19 bits per heavy atom. The largest absolute Gasteiger partial charge is 0.377 e. The van der Waals surface area contributed by atoms with E-state index >= 15 is 0 Å². The maximum absolute atomic E-state index is 13.2. The Morgan fingerprint density at radius 3 is 2.94 bits per heavy atom. The van der Waals surface area contributed by atoms with E-state index in [1.54, 1.807) is 12.3 Å². The number of aromatic nitrogens is 1. The summed E-state index contributed by atoms with van der Waals surface area (Å²) in [5, 5.41) is 1.91. The fourth-order valence-corrected chi connectivity index (χ4v) is 4.64. The van der Waals surface area contributed by atoms with Crippen molar-refractivity contribution in [2.45, 2.75) is 25.0 Å². The van der Waals surface area contributed by atoms with E-state index in [-0.39, 0.29) is 17.3 Å². The molecule has 160 valence electrons. The first-order valence-electron chi connectivity index (χ1n) is 10.7. The fourth-order valence-electron chi connectivity index (χ4n) is 4.64. The maximum Gasteiger partial charge on any atom is 0.273 e. The standard InChI is InChI=1S/C25H25FN2O3/c26-21-6-3-4-18(12-21)14-30-11-9-19-13-25(31-15-19)16-28(17-25)24(29)23-22-7-2-1-5-20(22)8-10-27-23/h1-8,10,12,19H,9,11,13-17H2. The van der Waals surface area contributed by atoms with Crippen molar-refractivity contribution >= 4 is 16.7 Å². The van der Waals surface area contributed by atoms with Crippen LogP contribution in [0.1, 0.15) is 28.9 Å². The van der Waals surface area contributed by atoms with Crippen molar-refractivity contribution in [1.29, 1.82) is 0 Å². The number of benzene rings is 2. The van der Waals surface area contributed by atoms with Crippen LogP contribution in [0.4, 0.5) is 4.39 Å². The number of carbonyl (C=O) groups is 1. The van der Waals surface area contributed by atoms with Crippen LogP contribution in [-0.2, 0) is 16.1 Å². The van der Waals surface area contributed by atoms with Gasteiger partial charge in [0.2, 0.25) is 0 Å². The number of hydrogen-bond acceptors (Lipinski definition) is 4. The number of rotatable bonds is 6. The second-order valence-electron chi connectivity index (χ2n) is 8.58. The molecule has 2 saturated heterocycles. The van der Waals surface area contributed by atoms with Gasteiger partial charge < -0.3 is 14.4 Å². The summed E-state index contributed by atoms with van der Waals surface area (Å²) in [6, 6.07) is 16.2. The number of nitrogens with zero attached hydrogens (tertiary/aromatic N) is 2. The Hall–Kier alpha value is -2.83. The summed E-state index contributed by atoms with van der Waals surface area (Å²) in [6.45, 7) is 2.94. The number of pyridine rings is 1. The van der Waals surface area contributed by atoms with Crippen LogP contribution in [0.25, 0.3) is 10.8 Å². The van der Waals surface area contributed by atoms with Gasteiger partial charge in [0.1, 0.15) is 17.1 Å². The average molecular weight is 420 g/mol. The quantitative estimate of drug-likeness (QED) is 0.561. The van der Waals surface area contributed by atoms with Gasteiger partial charge in [0.15, 0.2) is 0 Å². The highest BCUT2D eigenvalue weighted by atomic mass is 19.1. The lowest BCUT2D eigenvalue weighted by molar-refractivity contribution is -0.0951. The SMILES string of the molecule is O=C(c1nccc2ccccc12)N1CC2(CC(CCOCc3cccc(F)c3)CO2)C1. The normalized spacial score (nSPS) is 19.6. The molecule has 1 amide bonds. The molecule has 1 aromatic heterocycles. The van der Waals surface area contributed by atoms with Gasteiger partial charge in [-0.05, 0) is 47.9 Å². The van der Waals surface area contributed by atoms with E-state index in [9.17, 15) is 9.18 Å². The molecular formula is C25H25FN2O3. The summed E-state index contributed by atoms with van der Waals surface area (Å²) < 4.78 is 25.0. The van der Waals surface area contributed by atoms with Crippen LogP contribution in [-0.4, -0.2) is 47.7 Å². The number of ether oxygens (including phenoxy) is 2. The van der Waals surface area contributed by atoms with Crippen LogP contribution < -0.4 is 0 Å². The molecule has 31 heavy (non-hydrogen) atoms. The Bertz CT molecular complexity index is 1090. The van der Waals surface area contributed by atoms with Gasteiger partial charge in [0, 0.05) is 18.2 Å². The summed E-state index contributed by atoms with van der Waals surface area (Å²) in [5.74, 6) is 0.142. The molecule has 1 atom stereocenters. The molecule has 5 nitrogen and oxygen atoms in total. The monoisotopic (exact) mass is 420 g/mol. The molecule has 3 heterocycles. The predicted molar refractivity (Wildman–Crippen MR) is 115 cm³/mol. The summed E-state index contributed by atoms with van der Waals surface area (Å²) in [6.07, 6.45) is 3.52. The lowest BCUT2D eigenvalue weighted by Gasteiger charge is -2.47. The van der Waals surface area contributed by atoms with Crippen LogP contribution >= 0.6 is 0 Å². The number of halogens is 1. The molecule has 2 fully saturated rings. The molecule has 5 rings (SSSR count). The lowest BCUT2D eigenvalue weighted by Crippen LogP contribution is -2.63. The zero-order valence-corrected chi connectivity index (χ0v) is 17.3. The predicted octanol–water partition coefficient (Wildman–Crippen LogP) is 4.21. The van der Waals surface area contributed by atoms with Gasteiger partial charge in [-0.15, -0.1) is 0 Å². The molecule has 0 bridgehead atoms. The number of fused-ring (bicyclic) bond motifs is 1. The summed E-state index contributed by atoms with van der Waals surface area (Å²) in [4.78, 5) is 19.2. The number of amides is 1. The Balaban J connectivity index is 1.11. The van der Waals surface area contributed by atoms with Gasteiger partial charge >= 0.3 is 0 Å². The van der Waals surface area contributed by atoms with Crippen LogP contribution in [0.3, 0.4) is 0 Å². The maximum atomic E-state index is 13.2. The number of carbonyl (C=O) groups excluding carboxylic acids is 1. The average Bonchev–Trinajstić information content (AvgIpc) is 3.20. The minimum Gasteiger partial charge on any atom is -0.377 e. The van der Waals surface area contributed by atoms with E-state index in [0.29, 0.717) is 44.5 Å². The Labute approximate surface area is 180 Å². The molecule has 2 aliphatic rings. The third-order valence-corrected chi connectivity index (χ3v) is 6.24. The van der Waals surface area contributed by atoms with E-state index in [4.69, 9.17) is 9.47 Å². The first-order chi connectivity index (χ1) is 15.1.